The standard InChI is InChI=1S/C32H37N7O2/c33-27-22-6-7-25(27)38(18-22)31(40)23-11-24-29(35-15-23)39(17-20-13-32(14-20)8-2-10-41-32)30(36-24)26-12-21-3-1-9-34-28(21)37(26)16-19-4-5-19/h1,3,9,11-12,15,19-20,22,25,27H,2,4-8,10,13-14,16-18,33H2/t20?,22-,25-,27-,32?/m1/s1. The second kappa shape index (κ2) is 8.85. The van der Waals surface area contributed by atoms with Gasteiger partial charge in [0.05, 0.1) is 16.9 Å². The van der Waals surface area contributed by atoms with Crippen LogP contribution in [0.3, 0.4) is 0 Å². The molecule has 3 saturated carbocycles. The predicted molar refractivity (Wildman–Crippen MR) is 155 cm³/mol. The number of nitrogens with two attached hydrogens (primary N) is 1. The van der Waals surface area contributed by atoms with Crippen molar-refractivity contribution in [1.29, 1.82) is 0 Å². The lowest BCUT2D eigenvalue weighted by atomic mass is 9.69. The smallest absolute Gasteiger partial charge is 0.255 e. The van der Waals surface area contributed by atoms with Crippen molar-refractivity contribution in [2.45, 2.75) is 82.1 Å². The van der Waals surface area contributed by atoms with Crippen molar-refractivity contribution in [3.63, 3.8) is 0 Å². The van der Waals surface area contributed by atoms with Gasteiger partial charge in [-0.1, -0.05) is 0 Å². The van der Waals surface area contributed by atoms with Crippen LogP contribution in [0.15, 0.2) is 36.7 Å². The summed E-state index contributed by atoms with van der Waals surface area (Å²) in [5.74, 6) is 2.59. The molecule has 5 fully saturated rings. The van der Waals surface area contributed by atoms with E-state index < -0.39 is 0 Å². The normalized spacial score (nSPS) is 30.7. The van der Waals surface area contributed by atoms with Crippen molar-refractivity contribution < 1.29 is 9.53 Å². The van der Waals surface area contributed by atoms with E-state index in [4.69, 9.17) is 25.4 Å². The number of amides is 1. The van der Waals surface area contributed by atoms with Crippen LogP contribution >= 0.6 is 0 Å². The summed E-state index contributed by atoms with van der Waals surface area (Å²) < 4.78 is 10.8. The van der Waals surface area contributed by atoms with Gasteiger partial charge in [0.15, 0.2) is 11.5 Å². The third-order valence-electron chi connectivity index (χ3n) is 10.7. The molecule has 1 spiro atoms. The van der Waals surface area contributed by atoms with Crippen molar-refractivity contribution in [3.8, 4) is 11.5 Å². The van der Waals surface area contributed by atoms with E-state index in [0.29, 0.717) is 23.3 Å². The van der Waals surface area contributed by atoms with E-state index in [0.717, 1.165) is 85.6 Å². The third-order valence-corrected chi connectivity index (χ3v) is 10.7. The highest BCUT2D eigenvalue weighted by Gasteiger charge is 2.48. The Morgan fingerprint density at radius 3 is 2.68 bits per heavy atom. The van der Waals surface area contributed by atoms with Crippen LogP contribution in [0.1, 0.15) is 61.7 Å². The van der Waals surface area contributed by atoms with Crippen LogP contribution in [0.4, 0.5) is 0 Å². The second-order valence-corrected chi connectivity index (χ2v) is 13.5. The van der Waals surface area contributed by atoms with Crippen LogP contribution in [0.2, 0.25) is 0 Å². The zero-order valence-electron chi connectivity index (χ0n) is 23.4. The molecule has 2 N–H and O–H groups in total. The fourth-order valence-electron chi connectivity index (χ4n) is 8.42. The van der Waals surface area contributed by atoms with Gasteiger partial charge in [-0.15, -0.1) is 0 Å². The molecule has 0 unspecified atom stereocenters. The molecule has 3 atom stereocenters. The maximum absolute atomic E-state index is 13.6. The van der Waals surface area contributed by atoms with Crippen molar-refractivity contribution in [3.05, 3.63) is 42.2 Å². The molecule has 212 valence electrons. The topological polar surface area (TPSA) is 104 Å². The summed E-state index contributed by atoms with van der Waals surface area (Å²) >= 11 is 0. The number of carbonyl (C=O) groups excluding carboxylic acids is 1. The van der Waals surface area contributed by atoms with Crippen LogP contribution in [-0.4, -0.2) is 65.7 Å². The number of hydrogen-bond acceptors (Lipinski definition) is 6. The summed E-state index contributed by atoms with van der Waals surface area (Å²) in [6, 6.07) is 8.57. The summed E-state index contributed by atoms with van der Waals surface area (Å²) in [5.41, 5.74) is 10.8. The van der Waals surface area contributed by atoms with Gasteiger partial charge in [-0.25, -0.2) is 15.0 Å². The van der Waals surface area contributed by atoms with Crippen molar-refractivity contribution >= 4 is 28.1 Å². The largest absolute Gasteiger partial charge is 0.375 e. The Morgan fingerprint density at radius 1 is 1.05 bits per heavy atom. The zero-order valence-corrected chi connectivity index (χ0v) is 23.4. The van der Waals surface area contributed by atoms with E-state index in [2.05, 4.69) is 21.3 Å². The first-order valence-electron chi connectivity index (χ1n) is 15.6. The molecule has 4 aromatic heterocycles. The average Bonchev–Trinajstić information content (AvgIpc) is 3.32. The maximum atomic E-state index is 13.6. The number of ether oxygens (including phenoxy) is 1. The summed E-state index contributed by atoms with van der Waals surface area (Å²) in [7, 11) is 0. The second-order valence-electron chi connectivity index (χ2n) is 13.5. The number of pyridine rings is 2. The maximum Gasteiger partial charge on any atom is 0.255 e. The summed E-state index contributed by atoms with van der Waals surface area (Å²) in [6.07, 6.45) is 12.8. The van der Waals surface area contributed by atoms with Crippen LogP contribution in [-0.2, 0) is 17.8 Å². The number of hydrogen-bond donors (Lipinski definition) is 1. The van der Waals surface area contributed by atoms with E-state index in [1.165, 1.54) is 25.7 Å². The molecule has 0 aromatic carbocycles. The molecular formula is C32H37N7O2. The molecule has 9 rings (SSSR count). The molecule has 1 amide bonds. The Kier molecular flexibility index (Phi) is 5.25. The fourth-order valence-corrected chi connectivity index (χ4v) is 8.42. The number of aromatic nitrogens is 5. The molecule has 41 heavy (non-hydrogen) atoms. The highest BCUT2D eigenvalue weighted by atomic mass is 16.5. The van der Waals surface area contributed by atoms with Crippen molar-refractivity contribution in [1.82, 2.24) is 29.0 Å². The molecule has 5 aliphatic rings. The van der Waals surface area contributed by atoms with Gasteiger partial charge < -0.3 is 24.5 Å². The lowest BCUT2D eigenvalue weighted by Crippen LogP contribution is -2.44. The summed E-state index contributed by atoms with van der Waals surface area (Å²) in [6.45, 7) is 3.44. The molecule has 2 bridgehead atoms. The predicted octanol–water partition coefficient (Wildman–Crippen LogP) is 4.38. The minimum absolute atomic E-state index is 0.0320. The van der Waals surface area contributed by atoms with Gasteiger partial charge in [-0.05, 0) is 93.4 Å². The van der Waals surface area contributed by atoms with E-state index in [-0.39, 0.29) is 23.6 Å². The Hall–Kier alpha value is -3.30. The number of piperidine rings is 1. The van der Waals surface area contributed by atoms with Gasteiger partial charge in [0.25, 0.3) is 5.91 Å². The Morgan fingerprint density at radius 2 is 1.93 bits per heavy atom. The van der Waals surface area contributed by atoms with Gasteiger partial charge in [0.1, 0.15) is 11.2 Å². The third kappa shape index (κ3) is 3.81. The SMILES string of the molecule is N[C@@H]1[C@@H]2CC[C@H]1N(C(=O)c1cnc3c(c1)nc(-c1cc4cccnc4n1CC1CC1)n3CC1CC3(CCCO3)C1)C2. The van der Waals surface area contributed by atoms with Gasteiger partial charge >= 0.3 is 0 Å². The van der Waals surface area contributed by atoms with E-state index in [1.54, 1.807) is 6.20 Å². The molecular weight excluding hydrogens is 514 g/mol. The number of rotatable bonds is 6. The number of likely N-dealkylation sites (tertiary alicyclic amines) is 1. The van der Waals surface area contributed by atoms with Crippen LogP contribution in [0, 0.1) is 17.8 Å². The van der Waals surface area contributed by atoms with Crippen LogP contribution in [0.25, 0.3) is 33.7 Å². The molecule has 9 heteroatoms. The van der Waals surface area contributed by atoms with Crippen molar-refractivity contribution in [2.24, 2.45) is 23.5 Å². The van der Waals surface area contributed by atoms with E-state index >= 15 is 0 Å². The van der Waals surface area contributed by atoms with E-state index in [1.807, 2.05) is 23.2 Å². The number of imidazole rings is 1. The molecule has 0 radical (unpaired) electrons. The van der Waals surface area contributed by atoms with Crippen LogP contribution in [0.5, 0.6) is 0 Å². The molecule has 2 saturated heterocycles. The molecule has 2 aliphatic heterocycles. The lowest BCUT2D eigenvalue weighted by molar-refractivity contribution is -0.0939. The Balaban J connectivity index is 1.13. The Labute approximate surface area is 239 Å². The number of carbonyl (C=O) groups is 1. The zero-order chi connectivity index (χ0) is 27.3. The van der Waals surface area contributed by atoms with Gasteiger partial charge in [-0.2, -0.15) is 0 Å². The quantitative estimate of drug-likeness (QED) is 0.382. The van der Waals surface area contributed by atoms with Crippen LogP contribution < -0.4 is 5.73 Å². The monoisotopic (exact) mass is 551 g/mol. The highest BCUT2D eigenvalue weighted by molar-refractivity contribution is 5.97. The first-order chi connectivity index (χ1) is 20.1. The molecule has 9 nitrogen and oxygen atoms in total. The minimum atomic E-state index is 0.0320. The molecule has 4 aromatic rings. The van der Waals surface area contributed by atoms with Gasteiger partial charge in [0.2, 0.25) is 0 Å². The minimum Gasteiger partial charge on any atom is -0.375 e. The fraction of sp³-hybridized carbons (Fsp3) is 0.562. The summed E-state index contributed by atoms with van der Waals surface area (Å²) in [4.78, 5) is 30.5. The lowest BCUT2D eigenvalue weighted by Gasteiger charge is -2.44. The van der Waals surface area contributed by atoms with Gasteiger partial charge in [0, 0.05) is 56.1 Å². The Bertz CT molecular complexity index is 1670. The van der Waals surface area contributed by atoms with E-state index in [9.17, 15) is 4.79 Å². The number of nitrogens with zero attached hydrogens (tertiary/aromatic N) is 6. The molecule has 3 aliphatic carbocycles. The number of fused-ring (bicyclic) bond motifs is 4. The average molecular weight is 552 g/mol. The first kappa shape index (κ1) is 24.3. The first-order valence-corrected chi connectivity index (χ1v) is 15.6. The molecule has 6 heterocycles. The van der Waals surface area contributed by atoms with Crippen molar-refractivity contribution in [2.75, 3.05) is 13.2 Å². The highest BCUT2D eigenvalue weighted by Crippen LogP contribution is 2.48. The summed E-state index contributed by atoms with van der Waals surface area (Å²) in [5, 5.41) is 1.13. The van der Waals surface area contributed by atoms with Gasteiger partial charge in [-0.3, -0.25) is 4.79 Å².